The first-order valence-electron chi connectivity index (χ1n) is 5.54. The summed E-state index contributed by atoms with van der Waals surface area (Å²) in [6, 6.07) is 10.4. The van der Waals surface area contributed by atoms with Crippen LogP contribution in [0.1, 0.15) is 18.9 Å². The maximum absolute atomic E-state index is 10.6. The average Bonchev–Trinajstić information content (AvgIpc) is 2.29. The average molecular weight is 238 g/mol. The van der Waals surface area contributed by atoms with Crippen LogP contribution in [0.3, 0.4) is 0 Å². The van der Waals surface area contributed by atoms with Crippen molar-refractivity contribution >= 4 is 17.7 Å². The summed E-state index contributed by atoms with van der Waals surface area (Å²) >= 11 is 1.73. The van der Waals surface area contributed by atoms with E-state index in [4.69, 9.17) is 5.11 Å². The maximum atomic E-state index is 10.6. The Hall–Kier alpha value is -0.960. The van der Waals surface area contributed by atoms with Crippen molar-refractivity contribution in [3.63, 3.8) is 0 Å². The summed E-state index contributed by atoms with van der Waals surface area (Å²) in [5.41, 5.74) is 1.36. The van der Waals surface area contributed by atoms with Crippen molar-refractivity contribution < 1.29 is 9.90 Å². The zero-order chi connectivity index (χ0) is 11.8. The molecule has 0 aromatic heterocycles. The Kier molecular flexibility index (Phi) is 6.01. The largest absolute Gasteiger partial charge is 0.481 e. The van der Waals surface area contributed by atoms with Crippen LogP contribution in [0.5, 0.6) is 0 Å². The molecule has 0 fully saturated rings. The third-order valence-electron chi connectivity index (χ3n) is 2.39. The molecular formula is C13H18O2S. The quantitative estimate of drug-likeness (QED) is 0.742. The van der Waals surface area contributed by atoms with Crippen molar-refractivity contribution in [1.82, 2.24) is 0 Å². The number of aryl methyl sites for hydroxylation is 1. The van der Waals surface area contributed by atoms with Gasteiger partial charge in [0.05, 0.1) is 5.92 Å². The lowest BCUT2D eigenvalue weighted by molar-refractivity contribution is -0.140. The van der Waals surface area contributed by atoms with Crippen LogP contribution in [-0.2, 0) is 11.2 Å². The van der Waals surface area contributed by atoms with E-state index in [2.05, 4.69) is 24.3 Å². The molecule has 0 aliphatic rings. The standard InChI is InChI=1S/C13H18O2S/c1-11(13(14)15)10-16-9-5-8-12-6-3-2-4-7-12/h2-4,6-7,11H,5,8-10H2,1H3,(H,14,15). The molecule has 88 valence electrons. The highest BCUT2D eigenvalue weighted by Gasteiger charge is 2.09. The Labute approximate surface area is 101 Å². The molecule has 1 rings (SSSR count). The molecule has 16 heavy (non-hydrogen) atoms. The number of thioether (sulfide) groups is 1. The molecule has 3 heteroatoms. The molecule has 0 bridgehead atoms. The molecule has 0 aliphatic carbocycles. The van der Waals surface area contributed by atoms with Crippen LogP contribution >= 0.6 is 11.8 Å². The summed E-state index contributed by atoms with van der Waals surface area (Å²) in [6.45, 7) is 1.76. The third kappa shape index (κ3) is 5.21. The number of aliphatic carboxylic acids is 1. The molecule has 1 atom stereocenters. The first-order chi connectivity index (χ1) is 7.70. The Balaban J connectivity index is 2.07. The monoisotopic (exact) mass is 238 g/mol. The van der Waals surface area contributed by atoms with Gasteiger partial charge in [-0.25, -0.2) is 0 Å². The lowest BCUT2D eigenvalue weighted by atomic mass is 10.1. The summed E-state index contributed by atoms with van der Waals surface area (Å²) in [7, 11) is 0. The first-order valence-corrected chi connectivity index (χ1v) is 6.70. The molecule has 0 radical (unpaired) electrons. The Morgan fingerprint density at radius 3 is 2.69 bits per heavy atom. The van der Waals surface area contributed by atoms with Crippen LogP contribution in [0.2, 0.25) is 0 Å². The number of hydrogen-bond acceptors (Lipinski definition) is 2. The maximum Gasteiger partial charge on any atom is 0.307 e. The number of hydrogen-bond donors (Lipinski definition) is 1. The fraction of sp³-hybridized carbons (Fsp3) is 0.462. The predicted molar refractivity (Wildman–Crippen MR) is 68.9 cm³/mol. The first kappa shape index (κ1) is 13.1. The molecule has 0 saturated carbocycles. The van der Waals surface area contributed by atoms with Gasteiger partial charge in [0.2, 0.25) is 0 Å². The van der Waals surface area contributed by atoms with Crippen LogP contribution in [-0.4, -0.2) is 22.6 Å². The minimum Gasteiger partial charge on any atom is -0.481 e. The summed E-state index contributed by atoms with van der Waals surface area (Å²) in [6.07, 6.45) is 2.19. The molecule has 0 aliphatic heterocycles. The van der Waals surface area contributed by atoms with Gasteiger partial charge in [-0.05, 0) is 24.2 Å². The number of carbonyl (C=O) groups is 1. The second-order valence-electron chi connectivity index (χ2n) is 3.90. The van der Waals surface area contributed by atoms with Crippen LogP contribution in [0.15, 0.2) is 30.3 Å². The van der Waals surface area contributed by atoms with E-state index in [9.17, 15) is 4.79 Å². The Morgan fingerprint density at radius 2 is 2.06 bits per heavy atom. The summed E-state index contributed by atoms with van der Waals surface area (Å²) in [4.78, 5) is 10.6. The highest BCUT2D eigenvalue weighted by molar-refractivity contribution is 7.99. The summed E-state index contributed by atoms with van der Waals surface area (Å²) in [5, 5.41) is 8.70. The second kappa shape index (κ2) is 7.34. The van der Waals surface area contributed by atoms with Gasteiger partial charge in [-0.15, -0.1) is 0 Å². The topological polar surface area (TPSA) is 37.3 Å². The van der Waals surface area contributed by atoms with Crippen LogP contribution in [0, 0.1) is 5.92 Å². The van der Waals surface area contributed by atoms with E-state index >= 15 is 0 Å². The molecule has 1 unspecified atom stereocenters. The van der Waals surface area contributed by atoms with E-state index in [-0.39, 0.29) is 5.92 Å². The molecule has 1 aromatic rings. The summed E-state index contributed by atoms with van der Waals surface area (Å²) < 4.78 is 0. The molecule has 0 heterocycles. The van der Waals surface area contributed by atoms with Crippen molar-refractivity contribution in [2.24, 2.45) is 5.92 Å². The molecule has 0 saturated heterocycles. The van der Waals surface area contributed by atoms with Gasteiger partial charge in [0, 0.05) is 5.75 Å². The van der Waals surface area contributed by atoms with Gasteiger partial charge >= 0.3 is 5.97 Å². The fourth-order valence-corrected chi connectivity index (χ4v) is 2.37. The van der Waals surface area contributed by atoms with Gasteiger partial charge < -0.3 is 5.11 Å². The second-order valence-corrected chi connectivity index (χ2v) is 5.05. The van der Waals surface area contributed by atoms with E-state index in [0.29, 0.717) is 5.75 Å². The SMILES string of the molecule is CC(CSCCCc1ccccc1)C(=O)O. The Bertz CT molecular complexity index is 311. The van der Waals surface area contributed by atoms with Gasteiger partial charge in [0.25, 0.3) is 0 Å². The molecule has 0 spiro atoms. The van der Waals surface area contributed by atoms with Gasteiger partial charge in [-0.3, -0.25) is 4.79 Å². The molecular weight excluding hydrogens is 220 g/mol. The molecule has 2 nitrogen and oxygen atoms in total. The number of rotatable bonds is 7. The smallest absolute Gasteiger partial charge is 0.307 e. The van der Waals surface area contributed by atoms with E-state index in [1.807, 2.05) is 6.07 Å². The van der Waals surface area contributed by atoms with E-state index in [1.54, 1.807) is 18.7 Å². The van der Waals surface area contributed by atoms with Gasteiger partial charge in [0.15, 0.2) is 0 Å². The molecule has 0 amide bonds. The Morgan fingerprint density at radius 1 is 1.38 bits per heavy atom. The highest BCUT2D eigenvalue weighted by Crippen LogP contribution is 2.11. The predicted octanol–water partition coefficient (Wildman–Crippen LogP) is 3.07. The van der Waals surface area contributed by atoms with Crippen molar-refractivity contribution in [3.05, 3.63) is 35.9 Å². The third-order valence-corrected chi connectivity index (χ3v) is 3.70. The zero-order valence-electron chi connectivity index (χ0n) is 9.56. The highest BCUT2D eigenvalue weighted by atomic mass is 32.2. The molecule has 1 aromatic carbocycles. The zero-order valence-corrected chi connectivity index (χ0v) is 10.4. The minimum atomic E-state index is -0.699. The van der Waals surface area contributed by atoms with Gasteiger partial charge in [-0.2, -0.15) is 11.8 Å². The van der Waals surface area contributed by atoms with Gasteiger partial charge in [0.1, 0.15) is 0 Å². The lowest BCUT2D eigenvalue weighted by Gasteiger charge is -2.05. The van der Waals surface area contributed by atoms with Crippen molar-refractivity contribution in [1.29, 1.82) is 0 Å². The fourth-order valence-electron chi connectivity index (χ4n) is 1.35. The number of carboxylic acid groups (broad SMARTS) is 1. The van der Waals surface area contributed by atoms with Crippen LogP contribution in [0.4, 0.5) is 0 Å². The van der Waals surface area contributed by atoms with Crippen molar-refractivity contribution in [2.75, 3.05) is 11.5 Å². The lowest BCUT2D eigenvalue weighted by Crippen LogP contribution is -2.12. The van der Waals surface area contributed by atoms with Crippen molar-refractivity contribution in [3.8, 4) is 0 Å². The van der Waals surface area contributed by atoms with E-state index < -0.39 is 5.97 Å². The number of benzene rings is 1. The normalized spacial score (nSPS) is 12.3. The van der Waals surface area contributed by atoms with Crippen LogP contribution in [0.25, 0.3) is 0 Å². The van der Waals surface area contributed by atoms with Crippen molar-refractivity contribution in [2.45, 2.75) is 19.8 Å². The minimum absolute atomic E-state index is 0.235. The van der Waals surface area contributed by atoms with Crippen LogP contribution < -0.4 is 0 Å². The van der Waals surface area contributed by atoms with E-state index in [0.717, 1.165) is 18.6 Å². The summed E-state index contributed by atoms with van der Waals surface area (Å²) in [5.74, 6) is 0.814. The number of carboxylic acids is 1. The van der Waals surface area contributed by atoms with Gasteiger partial charge in [-0.1, -0.05) is 37.3 Å². The molecule has 1 N–H and O–H groups in total. The van der Waals surface area contributed by atoms with E-state index in [1.165, 1.54) is 5.56 Å².